The second-order valence-electron chi connectivity index (χ2n) is 14.1. The Kier molecular flexibility index (Phi) is 14.7. The molecule has 1 N–H and O–H groups in total. The van der Waals surface area contributed by atoms with Crippen LogP contribution in [0.15, 0.2) is 89.8 Å². The third-order valence-electron chi connectivity index (χ3n) is 8.70. The molecular formula is C39H45IN7O9S2-. The molecule has 19 heteroatoms. The van der Waals surface area contributed by atoms with E-state index in [9.17, 15) is 13.6 Å². The molecule has 1 aromatic heterocycles. The van der Waals surface area contributed by atoms with Crippen molar-refractivity contribution in [2.75, 3.05) is 32.2 Å². The average Bonchev–Trinajstić information content (AvgIpc) is 3.64. The summed E-state index contributed by atoms with van der Waals surface area (Å²) in [4.78, 5) is 12.3. The van der Waals surface area contributed by atoms with Crippen molar-refractivity contribution in [3.8, 4) is 28.6 Å². The summed E-state index contributed by atoms with van der Waals surface area (Å²) in [5.74, 6) is 1.88. The van der Waals surface area contributed by atoms with Gasteiger partial charge in [0, 0.05) is 33.5 Å². The molecule has 5 rings (SSSR count). The van der Waals surface area contributed by atoms with Crippen LogP contribution in [0, 0.1) is 3.57 Å². The van der Waals surface area contributed by atoms with Crippen LogP contribution in [0.1, 0.15) is 44.4 Å². The minimum atomic E-state index is -4.70. The quantitative estimate of drug-likeness (QED) is 0.0857. The summed E-state index contributed by atoms with van der Waals surface area (Å²) in [6.45, 7) is 6.31. The monoisotopic (exact) mass is 946 g/mol. The summed E-state index contributed by atoms with van der Waals surface area (Å²) in [5.41, 5.74) is 1.29. The number of rotatable bonds is 17. The van der Waals surface area contributed by atoms with Crippen LogP contribution in [-0.4, -0.2) is 87.3 Å². The van der Waals surface area contributed by atoms with Crippen LogP contribution in [0.4, 0.5) is 10.5 Å². The van der Waals surface area contributed by atoms with Crippen LogP contribution in [0.3, 0.4) is 0 Å². The third kappa shape index (κ3) is 11.0. The number of aromatic nitrogens is 4. The largest absolute Gasteiger partial charge is 0.755 e. The Balaban J connectivity index is 1.72. The molecule has 0 saturated heterocycles. The summed E-state index contributed by atoms with van der Waals surface area (Å²) in [7, 11) is -0.0713. The van der Waals surface area contributed by atoms with Crippen LogP contribution in [-0.2, 0) is 45.7 Å². The standard InChI is InChI=1S/C39H46IN7O9S2/c1-26(25-56-38(48)41-39(2,3)4)47(57(49)50)34-21-20-33(40)35(37-42-43-44-46(37)24-29-12-18-32(55-7)19-13-29)36(34)58(51,52)45(22-27-8-14-30(53-5)15-9-27)23-28-10-16-31(54-6)17-11-28/h8-21,26H,22-25H2,1-7H3,(H,41,48)(H,49,50)/p-1/t26-/m0/s1. The number of anilines is 1. The molecule has 1 heterocycles. The van der Waals surface area contributed by atoms with Crippen molar-refractivity contribution in [3.63, 3.8) is 0 Å². The zero-order valence-electron chi connectivity index (χ0n) is 33.0. The lowest BCUT2D eigenvalue weighted by molar-refractivity contribution is 0.133. The molecule has 0 radical (unpaired) electrons. The first-order chi connectivity index (χ1) is 27.5. The molecule has 0 aliphatic heterocycles. The summed E-state index contributed by atoms with van der Waals surface area (Å²) >= 11 is -1.08. The maximum Gasteiger partial charge on any atom is 0.407 e. The number of tetrazole rings is 1. The number of hydrogen-bond donors (Lipinski definition) is 1. The summed E-state index contributed by atoms with van der Waals surface area (Å²) in [6, 6.07) is 23.1. The smallest absolute Gasteiger partial charge is 0.407 e. The molecule has 2 atom stereocenters. The van der Waals surface area contributed by atoms with Gasteiger partial charge in [0.1, 0.15) is 28.8 Å². The number of benzene rings is 4. The van der Waals surface area contributed by atoms with Crippen molar-refractivity contribution in [2.45, 2.75) is 63.8 Å². The number of halogens is 1. The normalized spacial score (nSPS) is 12.8. The van der Waals surface area contributed by atoms with Crippen molar-refractivity contribution in [1.82, 2.24) is 29.8 Å². The van der Waals surface area contributed by atoms with Gasteiger partial charge in [-0.15, -0.1) is 5.10 Å². The molecule has 0 fully saturated rings. The molecule has 310 valence electrons. The van der Waals surface area contributed by atoms with Gasteiger partial charge in [0.15, 0.2) is 5.82 Å². The lowest BCUT2D eigenvalue weighted by Crippen LogP contribution is -2.44. The van der Waals surface area contributed by atoms with Crippen LogP contribution >= 0.6 is 22.6 Å². The first-order valence-corrected chi connectivity index (χ1v) is 21.4. The first-order valence-electron chi connectivity index (χ1n) is 17.9. The van der Waals surface area contributed by atoms with E-state index in [0.717, 1.165) is 9.87 Å². The molecule has 0 bridgehead atoms. The predicted molar refractivity (Wildman–Crippen MR) is 226 cm³/mol. The number of sulfonamides is 1. The molecule has 0 aliphatic rings. The minimum absolute atomic E-state index is 0.0691. The highest BCUT2D eigenvalue weighted by atomic mass is 127. The molecular weight excluding hydrogens is 902 g/mol. The topological polar surface area (TPSA) is 190 Å². The number of carbonyl (C=O) groups is 1. The zero-order chi connectivity index (χ0) is 42.2. The van der Waals surface area contributed by atoms with E-state index in [0.29, 0.717) is 31.9 Å². The van der Waals surface area contributed by atoms with Gasteiger partial charge in [0.25, 0.3) is 0 Å². The number of hydrogen-bond acceptors (Lipinski definition) is 12. The molecule has 1 amide bonds. The van der Waals surface area contributed by atoms with Crippen molar-refractivity contribution in [3.05, 3.63) is 105 Å². The average molecular weight is 947 g/mol. The van der Waals surface area contributed by atoms with Gasteiger partial charge in [-0.1, -0.05) is 36.4 Å². The highest BCUT2D eigenvalue weighted by Gasteiger charge is 2.37. The van der Waals surface area contributed by atoms with Crippen LogP contribution in [0.2, 0.25) is 0 Å². The maximum atomic E-state index is 15.6. The summed E-state index contributed by atoms with van der Waals surface area (Å²) < 4.78 is 83.3. The Bertz CT molecular complexity index is 2250. The fourth-order valence-electron chi connectivity index (χ4n) is 5.88. The van der Waals surface area contributed by atoms with Crippen molar-refractivity contribution < 1.29 is 40.9 Å². The van der Waals surface area contributed by atoms with Gasteiger partial charge < -0.3 is 28.8 Å². The van der Waals surface area contributed by atoms with Crippen LogP contribution in [0.5, 0.6) is 17.2 Å². The minimum Gasteiger partial charge on any atom is -0.755 e. The van der Waals surface area contributed by atoms with E-state index in [1.165, 1.54) is 36.2 Å². The summed E-state index contributed by atoms with van der Waals surface area (Å²) in [5, 5.41) is 15.1. The Morgan fingerprint density at radius 2 is 1.36 bits per heavy atom. The number of nitrogens with zero attached hydrogens (tertiary/aromatic N) is 6. The van der Waals surface area contributed by atoms with Gasteiger partial charge in [0.05, 0.1) is 45.2 Å². The van der Waals surface area contributed by atoms with Gasteiger partial charge in [-0.25, -0.2) is 17.9 Å². The van der Waals surface area contributed by atoms with Gasteiger partial charge in [0.2, 0.25) is 10.0 Å². The lowest BCUT2D eigenvalue weighted by Gasteiger charge is -2.35. The Hall–Kier alpha value is -4.83. The van der Waals surface area contributed by atoms with E-state index in [-0.39, 0.29) is 41.6 Å². The Labute approximate surface area is 354 Å². The molecule has 0 aliphatic carbocycles. The van der Waals surface area contributed by atoms with E-state index < -0.39 is 45.6 Å². The zero-order valence-corrected chi connectivity index (χ0v) is 36.8. The summed E-state index contributed by atoms with van der Waals surface area (Å²) in [6.07, 6.45) is -0.769. The molecule has 16 nitrogen and oxygen atoms in total. The van der Waals surface area contributed by atoms with Crippen molar-refractivity contribution in [1.29, 1.82) is 0 Å². The number of methoxy groups -OCH3 is 3. The van der Waals surface area contributed by atoms with E-state index in [1.807, 2.05) is 34.7 Å². The maximum absolute atomic E-state index is 15.6. The fourth-order valence-corrected chi connectivity index (χ4v) is 9.26. The van der Waals surface area contributed by atoms with Gasteiger partial charge in [-0.05, 0) is 126 Å². The van der Waals surface area contributed by atoms with Crippen LogP contribution < -0.4 is 23.8 Å². The number of alkyl carbamates (subject to hydrolysis) is 1. The third-order valence-corrected chi connectivity index (χ3v) is 12.3. The Morgan fingerprint density at radius 1 is 0.862 bits per heavy atom. The molecule has 5 aromatic rings. The molecule has 58 heavy (non-hydrogen) atoms. The highest BCUT2D eigenvalue weighted by Crippen LogP contribution is 2.41. The predicted octanol–water partition coefficient (Wildman–Crippen LogP) is 5.92. The van der Waals surface area contributed by atoms with E-state index in [1.54, 1.807) is 94.6 Å². The highest BCUT2D eigenvalue weighted by molar-refractivity contribution is 14.1. The van der Waals surface area contributed by atoms with E-state index in [2.05, 4.69) is 20.8 Å². The van der Waals surface area contributed by atoms with E-state index in [4.69, 9.17) is 18.9 Å². The molecule has 1 unspecified atom stereocenters. The molecule has 0 spiro atoms. The van der Waals surface area contributed by atoms with E-state index >= 15 is 8.42 Å². The Morgan fingerprint density at radius 3 is 1.83 bits per heavy atom. The fraction of sp³-hybridized carbons (Fsp3) is 0.333. The molecule has 0 saturated carbocycles. The second kappa shape index (κ2) is 19.3. The SMILES string of the molecule is COc1ccc(CN(Cc2ccc(OC)cc2)S(=O)(=O)c2c(N([C@@H](C)COC(=O)NC(C)(C)C)S(=O)[O-])ccc(I)c2-c2nnnn2Cc2ccc(OC)cc2)cc1. The van der Waals surface area contributed by atoms with Gasteiger partial charge in [-0.3, -0.25) is 8.51 Å². The van der Waals surface area contributed by atoms with Gasteiger partial charge >= 0.3 is 6.09 Å². The molecule has 4 aromatic carbocycles. The number of carbonyl (C=O) groups excluding carboxylic acids is 1. The van der Waals surface area contributed by atoms with Gasteiger partial charge in [-0.2, -0.15) is 4.31 Å². The van der Waals surface area contributed by atoms with Crippen LogP contribution in [0.25, 0.3) is 11.4 Å². The number of ether oxygens (including phenoxy) is 4. The lowest BCUT2D eigenvalue weighted by atomic mass is 10.1. The number of nitrogens with one attached hydrogen (secondary N) is 1. The number of amides is 1. The second-order valence-corrected chi connectivity index (χ2v) is 18.0. The van der Waals surface area contributed by atoms with Crippen molar-refractivity contribution >= 4 is 55.7 Å². The first kappa shape index (κ1) is 44.3. The van der Waals surface area contributed by atoms with Crippen molar-refractivity contribution in [2.24, 2.45) is 0 Å².